The van der Waals surface area contributed by atoms with E-state index in [1.807, 2.05) is 0 Å². The van der Waals surface area contributed by atoms with Crippen molar-refractivity contribution in [2.45, 2.75) is 0 Å². The fourth-order valence-electron chi connectivity index (χ4n) is 1.92. The van der Waals surface area contributed by atoms with Crippen molar-refractivity contribution in [1.82, 2.24) is 10.4 Å². The lowest BCUT2D eigenvalue weighted by atomic mass is 10.2. The zero-order valence-corrected chi connectivity index (χ0v) is 11.6. The lowest BCUT2D eigenvalue weighted by Gasteiger charge is -2.26. The SMILES string of the molecule is COc1ccc(C(=O)NOCCN2CCOCC2)cc1. The van der Waals surface area contributed by atoms with Crippen LogP contribution in [0.4, 0.5) is 0 Å². The van der Waals surface area contributed by atoms with Crippen molar-refractivity contribution < 1.29 is 19.1 Å². The van der Waals surface area contributed by atoms with Gasteiger partial charge < -0.3 is 9.47 Å². The molecule has 1 aromatic carbocycles. The second kappa shape index (κ2) is 7.84. The second-order valence-electron chi connectivity index (χ2n) is 4.46. The summed E-state index contributed by atoms with van der Waals surface area (Å²) in [6, 6.07) is 6.87. The number of methoxy groups -OCH3 is 1. The summed E-state index contributed by atoms with van der Waals surface area (Å²) in [5.74, 6) is 0.462. The highest BCUT2D eigenvalue weighted by Gasteiger charge is 2.10. The van der Waals surface area contributed by atoms with Crippen LogP contribution in [0.3, 0.4) is 0 Å². The van der Waals surface area contributed by atoms with E-state index in [2.05, 4.69) is 10.4 Å². The van der Waals surface area contributed by atoms with Crippen LogP contribution in [0.5, 0.6) is 5.75 Å². The molecule has 1 heterocycles. The van der Waals surface area contributed by atoms with Crippen LogP contribution in [0.25, 0.3) is 0 Å². The van der Waals surface area contributed by atoms with E-state index in [0.29, 0.717) is 12.2 Å². The monoisotopic (exact) mass is 280 g/mol. The minimum atomic E-state index is -0.255. The van der Waals surface area contributed by atoms with Crippen molar-refractivity contribution in [3.63, 3.8) is 0 Å². The van der Waals surface area contributed by atoms with Gasteiger partial charge in [-0.15, -0.1) is 0 Å². The highest BCUT2D eigenvalue weighted by molar-refractivity contribution is 5.93. The van der Waals surface area contributed by atoms with Crippen molar-refractivity contribution in [1.29, 1.82) is 0 Å². The molecule has 6 nitrogen and oxygen atoms in total. The quantitative estimate of drug-likeness (QED) is 0.613. The van der Waals surface area contributed by atoms with Gasteiger partial charge in [0.15, 0.2) is 0 Å². The van der Waals surface area contributed by atoms with Crippen LogP contribution < -0.4 is 10.2 Å². The van der Waals surface area contributed by atoms with Gasteiger partial charge in [0, 0.05) is 25.2 Å². The van der Waals surface area contributed by atoms with E-state index in [4.69, 9.17) is 14.3 Å². The predicted molar refractivity (Wildman–Crippen MR) is 73.7 cm³/mol. The maximum absolute atomic E-state index is 11.8. The van der Waals surface area contributed by atoms with E-state index < -0.39 is 0 Å². The van der Waals surface area contributed by atoms with Crippen LogP contribution in [0.1, 0.15) is 10.4 Å². The van der Waals surface area contributed by atoms with E-state index in [-0.39, 0.29) is 5.91 Å². The highest BCUT2D eigenvalue weighted by Crippen LogP contribution is 2.10. The Hall–Kier alpha value is -1.63. The molecule has 1 aliphatic heterocycles. The number of morpholine rings is 1. The third-order valence-corrected chi connectivity index (χ3v) is 3.13. The fraction of sp³-hybridized carbons (Fsp3) is 0.500. The van der Waals surface area contributed by atoms with Crippen LogP contribution in [-0.2, 0) is 9.57 Å². The van der Waals surface area contributed by atoms with Gasteiger partial charge in [0.1, 0.15) is 5.75 Å². The molecule has 0 saturated carbocycles. The van der Waals surface area contributed by atoms with Gasteiger partial charge in [-0.3, -0.25) is 14.5 Å². The molecule has 20 heavy (non-hydrogen) atoms. The molecular weight excluding hydrogens is 260 g/mol. The van der Waals surface area contributed by atoms with Crippen molar-refractivity contribution >= 4 is 5.91 Å². The van der Waals surface area contributed by atoms with E-state index in [1.54, 1.807) is 31.4 Å². The van der Waals surface area contributed by atoms with Crippen molar-refractivity contribution in [3.05, 3.63) is 29.8 Å². The van der Waals surface area contributed by atoms with Crippen molar-refractivity contribution in [2.75, 3.05) is 46.6 Å². The molecule has 1 fully saturated rings. The molecule has 0 aromatic heterocycles. The minimum absolute atomic E-state index is 0.255. The van der Waals surface area contributed by atoms with E-state index in [9.17, 15) is 4.79 Å². The minimum Gasteiger partial charge on any atom is -0.497 e. The molecule has 0 spiro atoms. The normalized spacial score (nSPS) is 15.8. The van der Waals surface area contributed by atoms with E-state index in [1.165, 1.54) is 0 Å². The Bertz CT molecular complexity index is 416. The summed E-state index contributed by atoms with van der Waals surface area (Å²) in [5.41, 5.74) is 2.98. The van der Waals surface area contributed by atoms with Gasteiger partial charge in [-0.2, -0.15) is 0 Å². The largest absolute Gasteiger partial charge is 0.497 e. The Morgan fingerprint density at radius 2 is 2.00 bits per heavy atom. The molecule has 0 atom stereocenters. The summed E-state index contributed by atoms with van der Waals surface area (Å²) >= 11 is 0. The standard InChI is InChI=1S/C14H20N2O4/c1-18-13-4-2-12(3-5-13)14(17)15-20-11-8-16-6-9-19-10-7-16/h2-5H,6-11H2,1H3,(H,15,17). The number of rotatable bonds is 6. The number of benzene rings is 1. The van der Waals surface area contributed by atoms with Gasteiger partial charge in [-0.25, -0.2) is 5.48 Å². The molecule has 1 aromatic rings. The van der Waals surface area contributed by atoms with Gasteiger partial charge >= 0.3 is 0 Å². The van der Waals surface area contributed by atoms with Crippen LogP contribution in [0, 0.1) is 0 Å². The first kappa shape index (κ1) is 14.8. The Balaban J connectivity index is 1.66. The van der Waals surface area contributed by atoms with Crippen LogP contribution in [-0.4, -0.2) is 57.4 Å². The number of amides is 1. The molecule has 1 N–H and O–H groups in total. The number of nitrogens with zero attached hydrogens (tertiary/aromatic N) is 1. The Labute approximate surface area is 118 Å². The highest BCUT2D eigenvalue weighted by atomic mass is 16.7. The number of carbonyl (C=O) groups excluding carboxylic acids is 1. The molecule has 0 bridgehead atoms. The Morgan fingerprint density at radius 3 is 2.65 bits per heavy atom. The van der Waals surface area contributed by atoms with E-state index in [0.717, 1.165) is 38.6 Å². The Kier molecular flexibility index (Phi) is 5.79. The molecule has 1 saturated heterocycles. The molecule has 1 amide bonds. The van der Waals surface area contributed by atoms with Crippen LogP contribution >= 0.6 is 0 Å². The maximum atomic E-state index is 11.8. The first-order valence-corrected chi connectivity index (χ1v) is 6.66. The fourth-order valence-corrected chi connectivity index (χ4v) is 1.92. The number of hydrogen-bond donors (Lipinski definition) is 1. The van der Waals surface area contributed by atoms with Gasteiger partial charge in [0.2, 0.25) is 0 Å². The number of nitrogens with one attached hydrogen (secondary N) is 1. The average Bonchev–Trinajstić information content (AvgIpc) is 2.52. The summed E-state index contributed by atoms with van der Waals surface area (Å²) in [5, 5.41) is 0. The second-order valence-corrected chi connectivity index (χ2v) is 4.46. The van der Waals surface area contributed by atoms with Gasteiger partial charge in [-0.05, 0) is 24.3 Å². The summed E-state index contributed by atoms with van der Waals surface area (Å²) in [6.07, 6.45) is 0. The zero-order chi connectivity index (χ0) is 14.2. The smallest absolute Gasteiger partial charge is 0.274 e. The van der Waals surface area contributed by atoms with E-state index >= 15 is 0 Å². The number of ether oxygens (including phenoxy) is 2. The zero-order valence-electron chi connectivity index (χ0n) is 11.6. The van der Waals surface area contributed by atoms with Crippen molar-refractivity contribution in [3.8, 4) is 5.75 Å². The average molecular weight is 280 g/mol. The summed E-state index contributed by atoms with van der Waals surface area (Å²) in [4.78, 5) is 19.2. The molecule has 0 radical (unpaired) electrons. The van der Waals surface area contributed by atoms with Crippen LogP contribution in [0.2, 0.25) is 0 Å². The molecule has 0 unspecified atom stereocenters. The lowest BCUT2D eigenvalue weighted by Crippen LogP contribution is -2.39. The maximum Gasteiger partial charge on any atom is 0.274 e. The Morgan fingerprint density at radius 1 is 1.30 bits per heavy atom. The number of hydroxylamine groups is 1. The van der Waals surface area contributed by atoms with Crippen molar-refractivity contribution in [2.24, 2.45) is 0 Å². The third-order valence-electron chi connectivity index (χ3n) is 3.13. The lowest BCUT2D eigenvalue weighted by molar-refractivity contribution is -0.00177. The van der Waals surface area contributed by atoms with Gasteiger partial charge in [0.25, 0.3) is 5.91 Å². The summed E-state index contributed by atoms with van der Waals surface area (Å²) in [6.45, 7) is 4.59. The van der Waals surface area contributed by atoms with Gasteiger partial charge in [0.05, 0.1) is 26.9 Å². The van der Waals surface area contributed by atoms with Gasteiger partial charge in [-0.1, -0.05) is 0 Å². The molecule has 1 aliphatic rings. The molecule has 6 heteroatoms. The molecule has 0 aliphatic carbocycles. The molecule has 2 rings (SSSR count). The first-order chi connectivity index (χ1) is 9.79. The molecule has 110 valence electrons. The third kappa shape index (κ3) is 4.48. The number of carbonyl (C=O) groups is 1. The molecular formula is C14H20N2O4. The summed E-state index contributed by atoms with van der Waals surface area (Å²) < 4.78 is 10.3. The predicted octanol–water partition coefficient (Wildman–Crippen LogP) is 0.689. The number of hydrogen-bond acceptors (Lipinski definition) is 5. The first-order valence-electron chi connectivity index (χ1n) is 6.66. The topological polar surface area (TPSA) is 60.0 Å². The summed E-state index contributed by atoms with van der Waals surface area (Å²) in [7, 11) is 1.59. The van der Waals surface area contributed by atoms with Crippen LogP contribution in [0.15, 0.2) is 24.3 Å².